The van der Waals surface area contributed by atoms with Gasteiger partial charge >= 0.3 is 0 Å². The van der Waals surface area contributed by atoms with Crippen molar-refractivity contribution in [2.75, 3.05) is 5.01 Å². The first-order valence-electron chi connectivity index (χ1n) is 7.98. The van der Waals surface area contributed by atoms with E-state index >= 15 is 0 Å². The van der Waals surface area contributed by atoms with Gasteiger partial charge in [-0.1, -0.05) is 36.4 Å². The summed E-state index contributed by atoms with van der Waals surface area (Å²) in [5.74, 6) is 7.39. The largest absolute Gasteiger partial charge is 0.279 e. The second-order valence-electron chi connectivity index (χ2n) is 6.65. The van der Waals surface area contributed by atoms with E-state index in [2.05, 4.69) is 36.4 Å². The van der Waals surface area contributed by atoms with Crippen LogP contribution in [0.25, 0.3) is 0 Å². The standard InChI is InChI=1S/C19H22N2/c20-21(16-6-2-1-3-7-16)18-9-5-4-8-17(18)19-12-10-15(14-19)11-13-19/h1-9,15H,10-14,20H2. The van der Waals surface area contributed by atoms with Crippen molar-refractivity contribution in [3.05, 3.63) is 60.2 Å². The second-order valence-corrected chi connectivity index (χ2v) is 6.65. The van der Waals surface area contributed by atoms with E-state index in [1.165, 1.54) is 43.4 Å². The van der Waals surface area contributed by atoms with Gasteiger partial charge in [-0.15, -0.1) is 0 Å². The first-order valence-corrected chi connectivity index (χ1v) is 7.98. The Morgan fingerprint density at radius 2 is 1.57 bits per heavy atom. The molecule has 2 bridgehead atoms. The molecule has 0 amide bonds. The van der Waals surface area contributed by atoms with E-state index in [9.17, 15) is 0 Å². The molecule has 4 rings (SSSR count). The fourth-order valence-electron chi connectivity index (χ4n) is 4.43. The van der Waals surface area contributed by atoms with Gasteiger partial charge in [0, 0.05) is 0 Å². The van der Waals surface area contributed by atoms with Crippen molar-refractivity contribution in [3.63, 3.8) is 0 Å². The topological polar surface area (TPSA) is 29.3 Å². The predicted molar refractivity (Wildman–Crippen MR) is 87.5 cm³/mol. The molecule has 2 N–H and O–H groups in total. The molecule has 2 aliphatic carbocycles. The van der Waals surface area contributed by atoms with Crippen LogP contribution in [0.1, 0.15) is 37.7 Å². The summed E-state index contributed by atoms with van der Waals surface area (Å²) in [6.45, 7) is 0. The smallest absolute Gasteiger partial charge is 0.0612 e. The zero-order valence-corrected chi connectivity index (χ0v) is 12.3. The number of nitrogens with two attached hydrogens (primary N) is 1. The average molecular weight is 278 g/mol. The number of nitrogens with zero attached hydrogens (tertiary/aromatic N) is 1. The molecule has 2 aromatic carbocycles. The van der Waals surface area contributed by atoms with E-state index in [4.69, 9.17) is 5.84 Å². The molecule has 0 aromatic heterocycles. The van der Waals surface area contributed by atoms with Crippen molar-refractivity contribution in [2.45, 2.75) is 37.5 Å². The Hall–Kier alpha value is -1.80. The normalized spacial score (nSPS) is 27.0. The molecule has 21 heavy (non-hydrogen) atoms. The van der Waals surface area contributed by atoms with Gasteiger partial charge in [0.1, 0.15) is 0 Å². The lowest BCUT2D eigenvalue weighted by Gasteiger charge is -2.32. The maximum absolute atomic E-state index is 6.45. The van der Waals surface area contributed by atoms with Gasteiger partial charge in [-0.05, 0) is 67.2 Å². The van der Waals surface area contributed by atoms with Crippen LogP contribution in [0.3, 0.4) is 0 Å². The van der Waals surface area contributed by atoms with Crippen molar-refractivity contribution >= 4 is 11.4 Å². The summed E-state index contributed by atoms with van der Waals surface area (Å²) < 4.78 is 0. The third-order valence-corrected chi connectivity index (χ3v) is 5.51. The number of hydrogen-bond donors (Lipinski definition) is 1. The number of hydrazine groups is 1. The average Bonchev–Trinajstić information content (AvgIpc) is 3.17. The molecule has 0 saturated heterocycles. The van der Waals surface area contributed by atoms with Gasteiger partial charge in [0.15, 0.2) is 0 Å². The number of para-hydroxylation sites is 2. The molecular weight excluding hydrogens is 256 g/mol. The maximum Gasteiger partial charge on any atom is 0.0612 e. The minimum atomic E-state index is 0.383. The highest BCUT2D eigenvalue weighted by Gasteiger charge is 2.47. The lowest BCUT2D eigenvalue weighted by Crippen LogP contribution is -2.30. The van der Waals surface area contributed by atoms with Crippen LogP contribution in [0.15, 0.2) is 54.6 Å². The molecule has 0 unspecified atom stereocenters. The third-order valence-electron chi connectivity index (χ3n) is 5.51. The van der Waals surface area contributed by atoms with E-state index in [0.717, 1.165) is 11.6 Å². The first-order chi connectivity index (χ1) is 10.3. The SMILES string of the molecule is NN(c1ccccc1)c1ccccc1C12CCC(CC1)C2. The Labute approximate surface area is 126 Å². The zero-order valence-electron chi connectivity index (χ0n) is 12.3. The van der Waals surface area contributed by atoms with E-state index < -0.39 is 0 Å². The van der Waals surface area contributed by atoms with Crippen molar-refractivity contribution in [3.8, 4) is 0 Å². The summed E-state index contributed by atoms with van der Waals surface area (Å²) in [6.07, 6.45) is 6.80. The Morgan fingerprint density at radius 1 is 0.905 bits per heavy atom. The summed E-state index contributed by atoms with van der Waals surface area (Å²) >= 11 is 0. The molecule has 2 fully saturated rings. The predicted octanol–water partition coefficient (Wildman–Crippen LogP) is 4.53. The molecule has 2 nitrogen and oxygen atoms in total. The summed E-state index contributed by atoms with van der Waals surface area (Å²) in [5.41, 5.74) is 4.06. The number of anilines is 2. The van der Waals surface area contributed by atoms with Gasteiger partial charge in [-0.2, -0.15) is 0 Å². The highest BCUT2D eigenvalue weighted by atomic mass is 15.4. The van der Waals surface area contributed by atoms with Gasteiger partial charge < -0.3 is 0 Å². The Morgan fingerprint density at radius 3 is 2.24 bits per heavy atom. The van der Waals surface area contributed by atoms with Crippen LogP contribution in [-0.2, 0) is 5.41 Å². The Kier molecular flexibility index (Phi) is 3.00. The summed E-state index contributed by atoms with van der Waals surface area (Å²) in [7, 11) is 0. The monoisotopic (exact) mass is 278 g/mol. The van der Waals surface area contributed by atoms with Crippen LogP contribution in [0, 0.1) is 5.92 Å². The molecule has 0 atom stereocenters. The highest BCUT2D eigenvalue weighted by molar-refractivity contribution is 5.66. The highest BCUT2D eigenvalue weighted by Crippen LogP contribution is 2.57. The molecule has 2 saturated carbocycles. The van der Waals surface area contributed by atoms with Crippen molar-refractivity contribution < 1.29 is 0 Å². The Balaban J connectivity index is 1.77. The molecule has 2 heteroatoms. The van der Waals surface area contributed by atoms with E-state index in [1.54, 1.807) is 0 Å². The third kappa shape index (κ3) is 2.06. The van der Waals surface area contributed by atoms with Crippen LogP contribution >= 0.6 is 0 Å². The molecule has 2 aromatic rings. The van der Waals surface area contributed by atoms with Crippen LogP contribution in [0.4, 0.5) is 11.4 Å². The number of hydrogen-bond acceptors (Lipinski definition) is 2. The van der Waals surface area contributed by atoms with Crippen molar-refractivity contribution in [1.82, 2.24) is 0 Å². The van der Waals surface area contributed by atoms with Gasteiger partial charge in [0.25, 0.3) is 0 Å². The first kappa shape index (κ1) is 12.9. The molecule has 2 aliphatic rings. The molecule has 0 aliphatic heterocycles. The molecule has 108 valence electrons. The summed E-state index contributed by atoms with van der Waals surface area (Å²) in [4.78, 5) is 0. The molecular formula is C19H22N2. The molecule has 0 spiro atoms. The van der Waals surface area contributed by atoms with Crippen LogP contribution in [-0.4, -0.2) is 0 Å². The van der Waals surface area contributed by atoms with E-state index in [-0.39, 0.29) is 0 Å². The Bertz CT molecular complexity index is 627. The summed E-state index contributed by atoms with van der Waals surface area (Å²) in [6, 6.07) is 19.0. The lowest BCUT2D eigenvalue weighted by molar-refractivity contribution is 0.419. The van der Waals surface area contributed by atoms with Crippen molar-refractivity contribution in [1.29, 1.82) is 0 Å². The van der Waals surface area contributed by atoms with E-state index in [0.29, 0.717) is 5.41 Å². The fraction of sp³-hybridized carbons (Fsp3) is 0.368. The van der Waals surface area contributed by atoms with Gasteiger partial charge in [0.2, 0.25) is 0 Å². The molecule has 0 heterocycles. The zero-order chi connectivity index (χ0) is 14.3. The minimum Gasteiger partial charge on any atom is -0.279 e. The van der Waals surface area contributed by atoms with Gasteiger partial charge in [-0.25, -0.2) is 5.84 Å². The van der Waals surface area contributed by atoms with Crippen LogP contribution in [0.5, 0.6) is 0 Å². The van der Waals surface area contributed by atoms with Gasteiger partial charge in [-0.3, -0.25) is 5.01 Å². The van der Waals surface area contributed by atoms with E-state index in [1.807, 2.05) is 23.2 Å². The van der Waals surface area contributed by atoms with Crippen LogP contribution < -0.4 is 10.9 Å². The number of benzene rings is 2. The van der Waals surface area contributed by atoms with Gasteiger partial charge in [0.05, 0.1) is 11.4 Å². The summed E-state index contributed by atoms with van der Waals surface area (Å²) in [5, 5.41) is 1.86. The second kappa shape index (κ2) is 4.88. The quantitative estimate of drug-likeness (QED) is 0.660. The van der Waals surface area contributed by atoms with Crippen molar-refractivity contribution in [2.24, 2.45) is 11.8 Å². The number of fused-ring (bicyclic) bond motifs is 2. The fourth-order valence-corrected chi connectivity index (χ4v) is 4.43. The minimum absolute atomic E-state index is 0.383. The lowest BCUT2D eigenvalue weighted by atomic mass is 9.77. The molecule has 0 radical (unpaired) electrons. The number of rotatable bonds is 3. The maximum atomic E-state index is 6.45. The van der Waals surface area contributed by atoms with Crippen LogP contribution in [0.2, 0.25) is 0 Å².